The number of halogens is 4. The van der Waals surface area contributed by atoms with Crippen molar-refractivity contribution in [3.8, 4) is 0 Å². The first kappa shape index (κ1) is 17.8. The van der Waals surface area contributed by atoms with Gasteiger partial charge < -0.3 is 10.6 Å². The van der Waals surface area contributed by atoms with Crippen LogP contribution in [0, 0.1) is 5.82 Å². The zero-order valence-electron chi connectivity index (χ0n) is 12.8. The van der Waals surface area contributed by atoms with Crippen molar-refractivity contribution in [1.82, 2.24) is 9.97 Å². The van der Waals surface area contributed by atoms with Crippen LogP contribution in [0.4, 0.5) is 34.9 Å². The quantitative estimate of drug-likeness (QED) is 0.643. The van der Waals surface area contributed by atoms with E-state index in [1.807, 2.05) is 0 Å². The molecule has 3 rings (SSSR count). The SMILES string of the molecule is O=C(Nc1cc(Nc2nccc(C(F)(F)F)n2)ccc1F)c1ccsc1. The first-order valence-corrected chi connectivity index (χ1v) is 8.07. The van der Waals surface area contributed by atoms with E-state index in [1.165, 1.54) is 23.5 Å². The van der Waals surface area contributed by atoms with Crippen molar-refractivity contribution in [2.45, 2.75) is 6.18 Å². The molecule has 26 heavy (non-hydrogen) atoms. The summed E-state index contributed by atoms with van der Waals surface area (Å²) in [4.78, 5) is 19.1. The molecule has 0 aliphatic rings. The van der Waals surface area contributed by atoms with Crippen molar-refractivity contribution < 1.29 is 22.4 Å². The lowest BCUT2D eigenvalue weighted by molar-refractivity contribution is -0.141. The number of hydrogen-bond acceptors (Lipinski definition) is 5. The smallest absolute Gasteiger partial charge is 0.324 e. The van der Waals surface area contributed by atoms with E-state index < -0.39 is 23.6 Å². The molecule has 3 aromatic rings. The Hall–Kier alpha value is -3.01. The van der Waals surface area contributed by atoms with Crippen LogP contribution in [0.25, 0.3) is 0 Å². The molecule has 5 nitrogen and oxygen atoms in total. The van der Waals surface area contributed by atoms with E-state index in [-0.39, 0.29) is 17.3 Å². The summed E-state index contributed by atoms with van der Waals surface area (Å²) in [7, 11) is 0. The van der Waals surface area contributed by atoms with Crippen molar-refractivity contribution in [3.05, 3.63) is 64.4 Å². The number of aromatic nitrogens is 2. The van der Waals surface area contributed by atoms with Gasteiger partial charge in [-0.05, 0) is 35.7 Å². The summed E-state index contributed by atoms with van der Waals surface area (Å²) >= 11 is 1.32. The van der Waals surface area contributed by atoms with Crippen LogP contribution in [0.5, 0.6) is 0 Å². The van der Waals surface area contributed by atoms with Crippen LogP contribution in [0.1, 0.15) is 16.1 Å². The third-order valence-electron chi connectivity index (χ3n) is 3.20. The van der Waals surface area contributed by atoms with E-state index in [0.29, 0.717) is 5.56 Å². The molecular weight excluding hydrogens is 372 g/mol. The number of thiophene rings is 1. The molecule has 2 aromatic heterocycles. The molecule has 10 heteroatoms. The average Bonchev–Trinajstić information content (AvgIpc) is 3.12. The average molecular weight is 382 g/mol. The normalized spacial score (nSPS) is 11.2. The van der Waals surface area contributed by atoms with Gasteiger partial charge in [0.15, 0.2) is 0 Å². The van der Waals surface area contributed by atoms with Crippen LogP contribution in [0.15, 0.2) is 47.3 Å². The monoisotopic (exact) mass is 382 g/mol. The molecule has 0 fully saturated rings. The first-order chi connectivity index (χ1) is 12.3. The Kier molecular flexibility index (Phi) is 4.85. The Labute approximate surface area is 148 Å². The summed E-state index contributed by atoms with van der Waals surface area (Å²) in [5.74, 6) is -1.50. The van der Waals surface area contributed by atoms with Gasteiger partial charge in [0.2, 0.25) is 5.95 Å². The van der Waals surface area contributed by atoms with Crippen molar-refractivity contribution in [1.29, 1.82) is 0 Å². The summed E-state index contributed by atoms with van der Waals surface area (Å²) in [6.07, 6.45) is -3.65. The number of carbonyl (C=O) groups is 1. The molecule has 0 saturated carbocycles. The van der Waals surface area contributed by atoms with Crippen LogP contribution >= 0.6 is 11.3 Å². The molecule has 0 bridgehead atoms. The van der Waals surface area contributed by atoms with Crippen molar-refractivity contribution in [2.24, 2.45) is 0 Å². The van der Waals surface area contributed by atoms with E-state index in [1.54, 1.807) is 16.8 Å². The first-order valence-electron chi connectivity index (χ1n) is 7.13. The second kappa shape index (κ2) is 7.08. The fourth-order valence-electron chi connectivity index (χ4n) is 1.99. The number of alkyl halides is 3. The number of nitrogens with one attached hydrogen (secondary N) is 2. The Morgan fingerprint density at radius 3 is 2.65 bits per heavy atom. The Morgan fingerprint density at radius 1 is 1.15 bits per heavy atom. The summed E-state index contributed by atoms with van der Waals surface area (Å²) in [5, 5.41) is 8.27. The standard InChI is InChI=1S/C16H10F4N4OS/c17-11-2-1-10(7-12(11)23-14(25)9-4-6-26-8-9)22-15-21-5-3-13(24-15)16(18,19)20/h1-8H,(H,23,25)(H,21,22,24). The maximum Gasteiger partial charge on any atom is 0.433 e. The zero-order chi connectivity index (χ0) is 18.7. The van der Waals surface area contributed by atoms with Gasteiger partial charge in [-0.2, -0.15) is 24.5 Å². The van der Waals surface area contributed by atoms with Gasteiger partial charge in [0.1, 0.15) is 11.5 Å². The molecule has 1 aromatic carbocycles. The third-order valence-corrected chi connectivity index (χ3v) is 3.88. The van der Waals surface area contributed by atoms with Gasteiger partial charge in [-0.1, -0.05) is 0 Å². The Balaban J connectivity index is 1.81. The molecule has 0 saturated heterocycles. The minimum absolute atomic E-state index is 0.127. The van der Waals surface area contributed by atoms with Crippen molar-refractivity contribution in [2.75, 3.05) is 10.6 Å². The molecule has 2 heterocycles. The third kappa shape index (κ3) is 4.14. The van der Waals surface area contributed by atoms with Crippen LogP contribution < -0.4 is 10.6 Å². The minimum Gasteiger partial charge on any atom is -0.324 e. The molecule has 2 N–H and O–H groups in total. The highest BCUT2D eigenvalue weighted by Crippen LogP contribution is 2.28. The van der Waals surface area contributed by atoms with Gasteiger partial charge in [-0.3, -0.25) is 4.79 Å². The van der Waals surface area contributed by atoms with Gasteiger partial charge in [-0.25, -0.2) is 14.4 Å². The van der Waals surface area contributed by atoms with Gasteiger partial charge in [0, 0.05) is 17.3 Å². The van der Waals surface area contributed by atoms with E-state index in [2.05, 4.69) is 20.6 Å². The largest absolute Gasteiger partial charge is 0.433 e. The van der Waals surface area contributed by atoms with Gasteiger partial charge >= 0.3 is 6.18 Å². The molecular formula is C16H10F4N4OS. The van der Waals surface area contributed by atoms with E-state index in [0.717, 1.165) is 18.3 Å². The molecule has 0 radical (unpaired) electrons. The van der Waals surface area contributed by atoms with Gasteiger partial charge in [0.25, 0.3) is 5.91 Å². The van der Waals surface area contributed by atoms with Crippen molar-refractivity contribution >= 4 is 34.6 Å². The molecule has 0 unspecified atom stereocenters. The maximum absolute atomic E-state index is 13.9. The summed E-state index contributed by atoms with van der Waals surface area (Å²) in [6.45, 7) is 0. The van der Waals surface area contributed by atoms with Crippen molar-refractivity contribution in [3.63, 3.8) is 0 Å². The topological polar surface area (TPSA) is 66.9 Å². The van der Waals surface area contributed by atoms with Gasteiger partial charge in [0.05, 0.1) is 11.3 Å². The summed E-state index contributed by atoms with van der Waals surface area (Å²) in [6, 6.07) is 5.92. The molecule has 0 spiro atoms. The molecule has 1 amide bonds. The lowest BCUT2D eigenvalue weighted by atomic mass is 10.2. The maximum atomic E-state index is 13.9. The fourth-order valence-corrected chi connectivity index (χ4v) is 2.63. The number of amides is 1. The predicted octanol–water partition coefficient (Wildman–Crippen LogP) is 4.69. The number of rotatable bonds is 4. The molecule has 0 aliphatic carbocycles. The summed E-state index contributed by atoms with van der Waals surface area (Å²) < 4.78 is 52.0. The van der Waals surface area contributed by atoms with Crippen LogP contribution in [0.3, 0.4) is 0 Å². The number of nitrogens with zero attached hydrogens (tertiary/aromatic N) is 2. The molecule has 0 atom stereocenters. The Bertz CT molecular complexity index is 928. The highest BCUT2D eigenvalue weighted by atomic mass is 32.1. The highest BCUT2D eigenvalue weighted by Gasteiger charge is 2.32. The van der Waals surface area contributed by atoms with E-state index >= 15 is 0 Å². The minimum atomic E-state index is -4.61. The summed E-state index contributed by atoms with van der Waals surface area (Å²) in [5.41, 5.74) is -0.651. The molecule has 0 aliphatic heterocycles. The zero-order valence-corrected chi connectivity index (χ0v) is 13.7. The lowest BCUT2D eigenvalue weighted by Gasteiger charge is -2.11. The number of benzene rings is 1. The highest BCUT2D eigenvalue weighted by molar-refractivity contribution is 7.08. The molecule has 134 valence electrons. The van der Waals surface area contributed by atoms with Gasteiger partial charge in [-0.15, -0.1) is 0 Å². The predicted molar refractivity (Wildman–Crippen MR) is 89.0 cm³/mol. The van der Waals surface area contributed by atoms with Crippen LogP contribution in [-0.4, -0.2) is 15.9 Å². The lowest BCUT2D eigenvalue weighted by Crippen LogP contribution is -2.12. The number of hydrogen-bond donors (Lipinski definition) is 2. The number of carbonyl (C=O) groups excluding carboxylic acids is 1. The second-order valence-electron chi connectivity index (χ2n) is 5.05. The van der Waals surface area contributed by atoms with E-state index in [4.69, 9.17) is 0 Å². The van der Waals surface area contributed by atoms with E-state index in [9.17, 15) is 22.4 Å². The van der Waals surface area contributed by atoms with Crippen LogP contribution in [-0.2, 0) is 6.18 Å². The number of anilines is 3. The van der Waals surface area contributed by atoms with Crippen LogP contribution in [0.2, 0.25) is 0 Å². The fraction of sp³-hybridized carbons (Fsp3) is 0.0625. The Morgan fingerprint density at radius 2 is 1.96 bits per heavy atom. The second-order valence-corrected chi connectivity index (χ2v) is 5.83.